The van der Waals surface area contributed by atoms with Crippen molar-refractivity contribution in [3.8, 4) is 0 Å². The first-order valence-electron chi connectivity index (χ1n) is 6.96. The van der Waals surface area contributed by atoms with E-state index in [9.17, 15) is 0 Å². The highest BCUT2D eigenvalue weighted by molar-refractivity contribution is 7.12. The van der Waals surface area contributed by atoms with Crippen molar-refractivity contribution in [2.24, 2.45) is 5.92 Å². The summed E-state index contributed by atoms with van der Waals surface area (Å²) in [4.78, 5) is 2.96. The van der Waals surface area contributed by atoms with Gasteiger partial charge in [0, 0.05) is 15.8 Å². The van der Waals surface area contributed by atoms with Gasteiger partial charge < -0.3 is 5.32 Å². The Morgan fingerprint density at radius 2 is 1.82 bits per heavy atom. The monoisotopic (exact) mass is 251 g/mol. The van der Waals surface area contributed by atoms with Crippen molar-refractivity contribution in [2.45, 2.75) is 58.4 Å². The molecule has 1 fully saturated rings. The molecular weight excluding hydrogens is 226 g/mol. The van der Waals surface area contributed by atoms with Crippen molar-refractivity contribution in [3.05, 3.63) is 21.4 Å². The number of rotatable bonds is 3. The highest BCUT2D eigenvalue weighted by atomic mass is 32.1. The maximum atomic E-state index is 3.58. The molecule has 17 heavy (non-hydrogen) atoms. The summed E-state index contributed by atoms with van der Waals surface area (Å²) in [5.74, 6) is 0.843. The minimum Gasteiger partial charge on any atom is -0.313 e. The molecule has 1 unspecified atom stereocenters. The summed E-state index contributed by atoms with van der Waals surface area (Å²) >= 11 is 1.94. The fourth-order valence-electron chi connectivity index (χ4n) is 3.25. The second kappa shape index (κ2) is 6.01. The van der Waals surface area contributed by atoms with Gasteiger partial charge in [-0.05, 0) is 51.3 Å². The van der Waals surface area contributed by atoms with Gasteiger partial charge in [0.1, 0.15) is 0 Å². The first kappa shape index (κ1) is 13.1. The number of hydrogen-bond donors (Lipinski definition) is 1. The molecule has 1 heterocycles. The molecule has 1 aromatic rings. The topological polar surface area (TPSA) is 12.0 Å². The minimum absolute atomic E-state index is 0.582. The Labute approximate surface area is 110 Å². The van der Waals surface area contributed by atoms with Gasteiger partial charge in [-0.25, -0.2) is 0 Å². The van der Waals surface area contributed by atoms with Crippen LogP contribution in [-0.4, -0.2) is 7.05 Å². The van der Waals surface area contributed by atoms with Gasteiger partial charge >= 0.3 is 0 Å². The van der Waals surface area contributed by atoms with Gasteiger partial charge in [-0.15, -0.1) is 11.3 Å². The largest absolute Gasteiger partial charge is 0.313 e. The second-order valence-corrected chi connectivity index (χ2v) is 6.85. The Kier molecular flexibility index (Phi) is 4.63. The first-order chi connectivity index (χ1) is 8.22. The molecular formula is C15H25NS. The van der Waals surface area contributed by atoms with Gasteiger partial charge in [-0.2, -0.15) is 0 Å². The Morgan fingerprint density at radius 3 is 2.29 bits per heavy atom. The van der Waals surface area contributed by atoms with E-state index in [1.807, 2.05) is 11.3 Å². The Balaban J connectivity index is 2.16. The average molecular weight is 251 g/mol. The standard InChI is InChI=1S/C15H25NS/c1-11-10-14(12(2)17-11)15(16-3)13-8-6-4-5-7-9-13/h10,13,15-16H,4-9H2,1-3H3. The number of thiophene rings is 1. The minimum atomic E-state index is 0.582. The maximum absolute atomic E-state index is 3.58. The molecule has 0 bridgehead atoms. The summed E-state index contributed by atoms with van der Waals surface area (Å²) in [6.45, 7) is 4.50. The summed E-state index contributed by atoms with van der Waals surface area (Å²) in [5.41, 5.74) is 1.56. The average Bonchev–Trinajstić information content (AvgIpc) is 2.55. The van der Waals surface area contributed by atoms with Gasteiger partial charge in [0.25, 0.3) is 0 Å². The van der Waals surface area contributed by atoms with Crippen LogP contribution in [0.4, 0.5) is 0 Å². The lowest BCUT2D eigenvalue weighted by Gasteiger charge is -2.26. The molecule has 1 saturated carbocycles. The van der Waals surface area contributed by atoms with Crippen LogP contribution >= 0.6 is 11.3 Å². The van der Waals surface area contributed by atoms with Gasteiger partial charge in [0.2, 0.25) is 0 Å². The molecule has 0 aromatic carbocycles. The lowest BCUT2D eigenvalue weighted by Crippen LogP contribution is -2.25. The molecule has 1 aliphatic rings. The maximum Gasteiger partial charge on any atom is 0.0357 e. The van der Waals surface area contributed by atoms with Gasteiger partial charge in [0.05, 0.1) is 0 Å². The van der Waals surface area contributed by atoms with E-state index < -0.39 is 0 Å². The van der Waals surface area contributed by atoms with Gasteiger partial charge in [-0.1, -0.05) is 25.7 Å². The number of aryl methyl sites for hydroxylation is 2. The third-order valence-electron chi connectivity index (χ3n) is 4.10. The Hall–Kier alpha value is -0.340. The van der Waals surface area contributed by atoms with Crippen LogP contribution in [0, 0.1) is 19.8 Å². The third kappa shape index (κ3) is 3.11. The van der Waals surface area contributed by atoms with E-state index in [-0.39, 0.29) is 0 Å². The SMILES string of the molecule is CNC(c1cc(C)sc1C)C1CCCCCC1. The summed E-state index contributed by atoms with van der Waals surface area (Å²) in [5, 5.41) is 3.58. The number of hydrogen-bond acceptors (Lipinski definition) is 2. The van der Waals surface area contributed by atoms with E-state index in [2.05, 4.69) is 32.3 Å². The van der Waals surface area contributed by atoms with E-state index in [1.165, 1.54) is 48.3 Å². The van der Waals surface area contributed by atoms with Crippen molar-refractivity contribution in [1.82, 2.24) is 5.32 Å². The smallest absolute Gasteiger partial charge is 0.0357 e. The predicted octanol–water partition coefficient (Wildman–Crippen LogP) is 4.60. The van der Waals surface area contributed by atoms with Crippen LogP contribution in [0.5, 0.6) is 0 Å². The normalized spacial score (nSPS) is 20.2. The lowest BCUT2D eigenvalue weighted by atomic mass is 9.87. The van der Waals surface area contributed by atoms with E-state index in [1.54, 1.807) is 5.56 Å². The molecule has 0 saturated heterocycles. The fourth-order valence-corrected chi connectivity index (χ4v) is 4.22. The summed E-state index contributed by atoms with van der Waals surface area (Å²) in [7, 11) is 2.13. The van der Waals surface area contributed by atoms with Crippen LogP contribution in [0.2, 0.25) is 0 Å². The first-order valence-corrected chi connectivity index (χ1v) is 7.78. The van der Waals surface area contributed by atoms with Crippen molar-refractivity contribution in [2.75, 3.05) is 7.05 Å². The van der Waals surface area contributed by atoms with Crippen LogP contribution in [0.15, 0.2) is 6.07 Å². The molecule has 1 aliphatic carbocycles. The highest BCUT2D eigenvalue weighted by Crippen LogP contribution is 2.36. The third-order valence-corrected chi connectivity index (χ3v) is 5.08. The lowest BCUT2D eigenvalue weighted by molar-refractivity contribution is 0.341. The van der Waals surface area contributed by atoms with Crippen LogP contribution in [0.25, 0.3) is 0 Å². The Morgan fingerprint density at radius 1 is 1.18 bits per heavy atom. The fraction of sp³-hybridized carbons (Fsp3) is 0.733. The van der Waals surface area contributed by atoms with Crippen LogP contribution in [0.1, 0.15) is 59.9 Å². The molecule has 2 heteroatoms. The summed E-state index contributed by atoms with van der Waals surface area (Å²) in [6, 6.07) is 2.98. The summed E-state index contributed by atoms with van der Waals surface area (Å²) < 4.78 is 0. The quantitative estimate of drug-likeness (QED) is 0.774. The van der Waals surface area contributed by atoms with Gasteiger partial charge in [-0.3, -0.25) is 0 Å². The zero-order valence-electron chi connectivity index (χ0n) is 11.4. The molecule has 1 N–H and O–H groups in total. The van der Waals surface area contributed by atoms with Crippen molar-refractivity contribution >= 4 is 11.3 Å². The second-order valence-electron chi connectivity index (χ2n) is 5.39. The Bertz CT molecular complexity index is 348. The zero-order valence-corrected chi connectivity index (χ0v) is 12.2. The molecule has 96 valence electrons. The number of nitrogens with one attached hydrogen (secondary N) is 1. The van der Waals surface area contributed by atoms with Crippen LogP contribution < -0.4 is 5.32 Å². The molecule has 2 rings (SSSR count). The van der Waals surface area contributed by atoms with E-state index in [4.69, 9.17) is 0 Å². The summed E-state index contributed by atoms with van der Waals surface area (Å²) in [6.07, 6.45) is 8.53. The highest BCUT2D eigenvalue weighted by Gasteiger charge is 2.24. The molecule has 0 aliphatic heterocycles. The zero-order chi connectivity index (χ0) is 12.3. The van der Waals surface area contributed by atoms with Crippen LogP contribution in [0.3, 0.4) is 0 Å². The molecule has 0 spiro atoms. The molecule has 0 amide bonds. The van der Waals surface area contributed by atoms with Crippen molar-refractivity contribution < 1.29 is 0 Å². The molecule has 1 atom stereocenters. The predicted molar refractivity (Wildman–Crippen MR) is 76.8 cm³/mol. The molecule has 0 radical (unpaired) electrons. The van der Waals surface area contributed by atoms with E-state index in [0.29, 0.717) is 6.04 Å². The van der Waals surface area contributed by atoms with Crippen LogP contribution in [-0.2, 0) is 0 Å². The van der Waals surface area contributed by atoms with E-state index >= 15 is 0 Å². The molecule has 1 aromatic heterocycles. The van der Waals surface area contributed by atoms with Gasteiger partial charge in [0.15, 0.2) is 0 Å². The van der Waals surface area contributed by atoms with Crippen molar-refractivity contribution in [1.29, 1.82) is 0 Å². The van der Waals surface area contributed by atoms with E-state index in [0.717, 1.165) is 5.92 Å². The van der Waals surface area contributed by atoms with Crippen molar-refractivity contribution in [3.63, 3.8) is 0 Å². The molecule has 1 nitrogen and oxygen atoms in total.